The van der Waals surface area contributed by atoms with Gasteiger partial charge in [-0.15, -0.1) is 0 Å². The SMILES string of the molecule is COC(=O)c1[nH]c2ccc(Cl)cc2c1NC(=O)[C@@H](C)[NH+]1CCN(c2cc(Cl)ccc2C)CC1. The molecule has 1 aliphatic heterocycles. The summed E-state index contributed by atoms with van der Waals surface area (Å²) in [5.41, 5.74) is 3.61. The number of H-pyrrole nitrogens is 1. The fourth-order valence-corrected chi connectivity index (χ4v) is 4.70. The molecule has 33 heavy (non-hydrogen) atoms. The normalized spacial score (nSPS) is 15.5. The largest absolute Gasteiger partial charge is 0.464 e. The predicted octanol–water partition coefficient (Wildman–Crippen LogP) is 3.30. The molecule has 3 N–H and O–H groups in total. The average molecular weight is 490 g/mol. The molecule has 4 rings (SSSR count). The molecule has 1 aromatic heterocycles. The Balaban J connectivity index is 1.48. The molecule has 1 aliphatic rings. The van der Waals surface area contributed by atoms with E-state index in [9.17, 15) is 9.59 Å². The van der Waals surface area contributed by atoms with Crippen LogP contribution in [0.5, 0.6) is 0 Å². The number of methoxy groups -OCH3 is 1. The number of aromatic amines is 1. The fraction of sp³-hybridized carbons (Fsp3) is 0.333. The minimum atomic E-state index is -0.553. The van der Waals surface area contributed by atoms with Gasteiger partial charge in [0.25, 0.3) is 5.91 Å². The van der Waals surface area contributed by atoms with Crippen molar-refractivity contribution in [3.05, 3.63) is 57.7 Å². The number of rotatable bonds is 5. The smallest absolute Gasteiger partial charge is 0.356 e. The van der Waals surface area contributed by atoms with Crippen LogP contribution in [0.1, 0.15) is 23.0 Å². The summed E-state index contributed by atoms with van der Waals surface area (Å²) in [5, 5.41) is 4.85. The van der Waals surface area contributed by atoms with Gasteiger partial charge in [-0.25, -0.2) is 4.79 Å². The van der Waals surface area contributed by atoms with Gasteiger partial charge in [-0.3, -0.25) is 4.79 Å². The standard InChI is InChI=1S/C24H26Cl2N4O3/c1-14-4-5-17(26)13-20(14)30-10-8-29(9-11-30)15(2)23(31)28-21-18-12-16(25)6-7-19(18)27-22(21)24(32)33-3/h4-7,12-13,15,27H,8-11H2,1-3H3,(H,28,31)/p+1/t15-/m1/s1. The fourth-order valence-electron chi connectivity index (χ4n) is 4.36. The summed E-state index contributed by atoms with van der Waals surface area (Å²) >= 11 is 12.4. The lowest BCUT2D eigenvalue weighted by Crippen LogP contribution is -3.19. The van der Waals surface area contributed by atoms with Crippen molar-refractivity contribution >= 4 is 57.4 Å². The van der Waals surface area contributed by atoms with Crippen molar-refractivity contribution < 1.29 is 19.2 Å². The molecule has 0 spiro atoms. The van der Waals surface area contributed by atoms with Crippen LogP contribution in [0.3, 0.4) is 0 Å². The molecule has 9 heteroatoms. The Bertz CT molecular complexity index is 1200. The molecule has 2 aromatic carbocycles. The summed E-state index contributed by atoms with van der Waals surface area (Å²) < 4.78 is 4.89. The predicted molar refractivity (Wildman–Crippen MR) is 132 cm³/mol. The highest BCUT2D eigenvalue weighted by molar-refractivity contribution is 6.31. The summed E-state index contributed by atoms with van der Waals surface area (Å²) in [5.74, 6) is -0.716. The molecule has 0 bridgehead atoms. The van der Waals surface area contributed by atoms with Crippen LogP contribution in [0, 0.1) is 6.92 Å². The number of piperazine rings is 1. The number of carbonyl (C=O) groups excluding carboxylic acids is 2. The van der Waals surface area contributed by atoms with E-state index >= 15 is 0 Å². The summed E-state index contributed by atoms with van der Waals surface area (Å²) in [4.78, 5) is 32.0. The first-order valence-electron chi connectivity index (χ1n) is 10.8. The van der Waals surface area contributed by atoms with Gasteiger partial charge in [0.15, 0.2) is 6.04 Å². The maximum atomic E-state index is 13.2. The maximum Gasteiger partial charge on any atom is 0.356 e. The number of esters is 1. The van der Waals surface area contributed by atoms with Gasteiger partial charge in [0.05, 0.1) is 39.0 Å². The minimum Gasteiger partial charge on any atom is -0.464 e. The molecule has 2 heterocycles. The van der Waals surface area contributed by atoms with E-state index in [1.165, 1.54) is 17.6 Å². The first kappa shape index (κ1) is 23.4. The number of carbonyl (C=O) groups is 2. The van der Waals surface area contributed by atoms with Crippen molar-refractivity contribution in [3.8, 4) is 0 Å². The Morgan fingerprint density at radius 2 is 1.79 bits per heavy atom. The Morgan fingerprint density at radius 1 is 1.12 bits per heavy atom. The number of nitrogens with zero attached hydrogens (tertiary/aromatic N) is 1. The molecule has 0 aliphatic carbocycles. The summed E-state index contributed by atoms with van der Waals surface area (Å²) in [6, 6.07) is 10.8. The van der Waals surface area contributed by atoms with Crippen LogP contribution in [0.2, 0.25) is 10.0 Å². The number of hydrogen-bond acceptors (Lipinski definition) is 4. The number of nitrogens with one attached hydrogen (secondary N) is 3. The van der Waals surface area contributed by atoms with Gasteiger partial charge >= 0.3 is 5.97 Å². The number of benzene rings is 2. The Kier molecular flexibility index (Phi) is 6.83. The van der Waals surface area contributed by atoms with Crippen molar-refractivity contribution in [1.29, 1.82) is 0 Å². The van der Waals surface area contributed by atoms with Crippen molar-refractivity contribution in [2.45, 2.75) is 19.9 Å². The third-order valence-electron chi connectivity index (χ3n) is 6.32. The lowest BCUT2D eigenvalue weighted by atomic mass is 10.1. The van der Waals surface area contributed by atoms with Crippen molar-refractivity contribution in [2.75, 3.05) is 43.5 Å². The third kappa shape index (κ3) is 4.81. The van der Waals surface area contributed by atoms with Gasteiger partial charge in [0, 0.05) is 26.6 Å². The highest BCUT2D eigenvalue weighted by Gasteiger charge is 2.31. The zero-order valence-electron chi connectivity index (χ0n) is 18.8. The van der Waals surface area contributed by atoms with Crippen molar-refractivity contribution in [3.63, 3.8) is 0 Å². The zero-order valence-corrected chi connectivity index (χ0v) is 20.3. The Labute approximate surface area is 202 Å². The van der Waals surface area contributed by atoms with E-state index in [-0.39, 0.29) is 17.6 Å². The van der Waals surface area contributed by atoms with Crippen LogP contribution in [0.4, 0.5) is 11.4 Å². The topological polar surface area (TPSA) is 78.9 Å². The molecule has 3 aromatic rings. The van der Waals surface area contributed by atoms with E-state index in [1.807, 2.05) is 25.1 Å². The van der Waals surface area contributed by atoms with Crippen molar-refractivity contribution in [2.24, 2.45) is 0 Å². The second-order valence-electron chi connectivity index (χ2n) is 8.34. The average Bonchev–Trinajstić information content (AvgIpc) is 3.17. The molecule has 1 fully saturated rings. The van der Waals surface area contributed by atoms with E-state index in [0.29, 0.717) is 21.6 Å². The maximum absolute atomic E-state index is 13.2. The molecule has 0 radical (unpaired) electrons. The molecule has 1 atom stereocenters. The summed E-state index contributed by atoms with van der Waals surface area (Å²) in [7, 11) is 1.31. The van der Waals surface area contributed by atoms with E-state index in [4.69, 9.17) is 27.9 Å². The second kappa shape index (κ2) is 9.63. The van der Waals surface area contributed by atoms with Gasteiger partial charge in [-0.1, -0.05) is 29.3 Å². The van der Waals surface area contributed by atoms with Crippen LogP contribution < -0.4 is 15.1 Å². The molecule has 1 amide bonds. The van der Waals surface area contributed by atoms with Crippen LogP contribution in [0.15, 0.2) is 36.4 Å². The number of ether oxygens (including phenoxy) is 1. The Hall–Kier alpha value is -2.74. The van der Waals surface area contributed by atoms with Crippen LogP contribution in [0.25, 0.3) is 10.9 Å². The lowest BCUT2D eigenvalue weighted by molar-refractivity contribution is -0.914. The van der Waals surface area contributed by atoms with Gasteiger partial charge in [-0.05, 0) is 49.7 Å². The molecule has 0 unspecified atom stereocenters. The summed E-state index contributed by atoms with van der Waals surface area (Å²) in [6.45, 7) is 7.25. The van der Waals surface area contributed by atoms with Gasteiger partial charge in [-0.2, -0.15) is 0 Å². The first-order valence-corrected chi connectivity index (χ1v) is 11.6. The van der Waals surface area contributed by atoms with Gasteiger partial charge in [0.1, 0.15) is 5.69 Å². The van der Waals surface area contributed by atoms with E-state index in [1.54, 1.807) is 18.2 Å². The molecular formula is C24H27Cl2N4O3+. The third-order valence-corrected chi connectivity index (χ3v) is 6.79. The minimum absolute atomic E-state index is 0.164. The monoisotopic (exact) mass is 489 g/mol. The number of halogens is 2. The van der Waals surface area contributed by atoms with E-state index in [0.717, 1.165) is 36.9 Å². The number of aryl methyl sites for hydroxylation is 1. The number of hydrogen-bond donors (Lipinski definition) is 3. The molecular weight excluding hydrogens is 463 g/mol. The molecule has 1 saturated heterocycles. The number of anilines is 2. The molecule has 174 valence electrons. The van der Waals surface area contributed by atoms with Crippen LogP contribution >= 0.6 is 23.2 Å². The number of quaternary nitrogens is 1. The molecule has 7 nitrogen and oxygen atoms in total. The number of aromatic nitrogens is 1. The van der Waals surface area contributed by atoms with E-state index in [2.05, 4.69) is 22.1 Å². The number of amides is 1. The van der Waals surface area contributed by atoms with Crippen molar-refractivity contribution in [1.82, 2.24) is 4.98 Å². The first-order chi connectivity index (χ1) is 15.8. The Morgan fingerprint density at radius 3 is 2.48 bits per heavy atom. The van der Waals surface area contributed by atoms with Crippen LogP contribution in [-0.4, -0.2) is 56.2 Å². The molecule has 0 saturated carbocycles. The summed E-state index contributed by atoms with van der Waals surface area (Å²) in [6.07, 6.45) is 0. The van der Waals surface area contributed by atoms with Crippen LogP contribution in [-0.2, 0) is 9.53 Å². The highest BCUT2D eigenvalue weighted by Crippen LogP contribution is 2.31. The van der Waals surface area contributed by atoms with Gasteiger partial charge in [0.2, 0.25) is 0 Å². The number of fused-ring (bicyclic) bond motifs is 1. The lowest BCUT2D eigenvalue weighted by Gasteiger charge is -2.36. The van der Waals surface area contributed by atoms with E-state index < -0.39 is 5.97 Å². The highest BCUT2D eigenvalue weighted by atomic mass is 35.5. The zero-order chi connectivity index (χ0) is 23.7. The van der Waals surface area contributed by atoms with Gasteiger partial charge < -0.3 is 24.8 Å². The second-order valence-corrected chi connectivity index (χ2v) is 9.22. The quantitative estimate of drug-likeness (QED) is 0.480.